The summed E-state index contributed by atoms with van der Waals surface area (Å²) in [4.78, 5) is 23.5. The van der Waals surface area contributed by atoms with E-state index in [4.69, 9.17) is 0 Å². The number of nitro benzene ring substituents is 1. The molecule has 0 aromatic heterocycles. The van der Waals surface area contributed by atoms with Crippen LogP contribution < -0.4 is 10.0 Å². The molecule has 1 heterocycles. The molecule has 2 N–H and O–H groups in total. The summed E-state index contributed by atoms with van der Waals surface area (Å²) in [5, 5.41) is 13.7. The predicted molar refractivity (Wildman–Crippen MR) is 89.6 cm³/mol. The second-order valence-electron chi connectivity index (χ2n) is 5.03. The zero-order valence-electron chi connectivity index (χ0n) is 12.8. The molecule has 0 aliphatic carbocycles. The largest absolute Gasteiger partial charge is 0.340 e. The zero-order chi connectivity index (χ0) is 16.9. The number of nitrogens with zero attached hydrogens (tertiary/aromatic N) is 2. The van der Waals surface area contributed by atoms with E-state index in [2.05, 4.69) is 10.0 Å². The minimum Gasteiger partial charge on any atom is -0.340 e. The van der Waals surface area contributed by atoms with Gasteiger partial charge in [-0.25, -0.2) is 13.1 Å². The lowest BCUT2D eigenvalue weighted by Crippen LogP contribution is -2.47. The Morgan fingerprint density at radius 2 is 1.83 bits per heavy atom. The third-order valence-corrected chi connectivity index (χ3v) is 4.94. The third kappa shape index (κ3) is 5.41. The first kappa shape index (κ1) is 20.3. The van der Waals surface area contributed by atoms with Crippen molar-refractivity contribution in [2.24, 2.45) is 0 Å². The van der Waals surface area contributed by atoms with Crippen LogP contribution in [0.1, 0.15) is 6.42 Å². The molecule has 1 aromatic carbocycles. The molecule has 0 unspecified atom stereocenters. The molecule has 2 rings (SSSR count). The van der Waals surface area contributed by atoms with Crippen LogP contribution in [0.4, 0.5) is 5.69 Å². The number of hydrogen-bond acceptors (Lipinski definition) is 6. The number of nitrogens with one attached hydrogen (secondary N) is 2. The molecular formula is C13H19ClN4O5S. The van der Waals surface area contributed by atoms with E-state index in [1.54, 1.807) is 4.90 Å². The number of carbonyl (C=O) groups excluding carboxylic acids is 1. The minimum absolute atomic E-state index is 0. The van der Waals surface area contributed by atoms with Crippen molar-refractivity contribution in [2.75, 3.05) is 32.7 Å². The molecule has 134 valence electrons. The average molecular weight is 379 g/mol. The number of sulfonamides is 1. The van der Waals surface area contributed by atoms with E-state index >= 15 is 0 Å². The van der Waals surface area contributed by atoms with Crippen molar-refractivity contribution >= 4 is 34.0 Å². The molecule has 0 bridgehead atoms. The topological polar surface area (TPSA) is 122 Å². The number of hydrogen-bond donors (Lipinski definition) is 2. The van der Waals surface area contributed by atoms with Gasteiger partial charge in [0.15, 0.2) is 0 Å². The summed E-state index contributed by atoms with van der Waals surface area (Å²) in [7, 11) is -3.78. The number of halogens is 1. The van der Waals surface area contributed by atoms with Crippen LogP contribution in [0.15, 0.2) is 29.2 Å². The summed E-state index contributed by atoms with van der Waals surface area (Å²) in [6.07, 6.45) is 0.0756. The van der Waals surface area contributed by atoms with Crippen LogP contribution in [0.2, 0.25) is 0 Å². The van der Waals surface area contributed by atoms with E-state index in [1.165, 1.54) is 12.1 Å². The van der Waals surface area contributed by atoms with Gasteiger partial charge in [0, 0.05) is 51.3 Å². The van der Waals surface area contributed by atoms with Crippen molar-refractivity contribution in [3.8, 4) is 0 Å². The summed E-state index contributed by atoms with van der Waals surface area (Å²) in [5.41, 5.74) is -0.183. The molecule has 1 aliphatic rings. The van der Waals surface area contributed by atoms with Crippen LogP contribution in [-0.4, -0.2) is 56.9 Å². The lowest BCUT2D eigenvalue weighted by molar-refractivity contribution is -0.384. The van der Waals surface area contributed by atoms with Crippen molar-refractivity contribution in [2.45, 2.75) is 11.3 Å². The SMILES string of the molecule is Cl.O=C(CCNS(=O)(=O)c1ccc([N+](=O)[O-])cc1)N1CCNCC1. The monoisotopic (exact) mass is 378 g/mol. The molecule has 1 amide bonds. The van der Waals surface area contributed by atoms with Gasteiger partial charge in [0.1, 0.15) is 0 Å². The number of carbonyl (C=O) groups is 1. The number of non-ortho nitro benzene ring substituents is 1. The van der Waals surface area contributed by atoms with Gasteiger partial charge in [0.2, 0.25) is 15.9 Å². The second kappa shape index (κ2) is 8.92. The maximum Gasteiger partial charge on any atom is 0.269 e. The molecule has 0 radical (unpaired) electrons. The Morgan fingerprint density at radius 3 is 2.38 bits per heavy atom. The van der Waals surface area contributed by atoms with E-state index in [0.29, 0.717) is 13.1 Å². The number of amides is 1. The average Bonchev–Trinajstić information content (AvgIpc) is 2.55. The van der Waals surface area contributed by atoms with Gasteiger partial charge >= 0.3 is 0 Å². The molecule has 1 saturated heterocycles. The van der Waals surface area contributed by atoms with E-state index in [9.17, 15) is 23.3 Å². The maximum absolute atomic E-state index is 12.1. The Bertz CT molecular complexity index is 674. The highest BCUT2D eigenvalue weighted by Crippen LogP contribution is 2.15. The van der Waals surface area contributed by atoms with Gasteiger partial charge in [-0.1, -0.05) is 0 Å². The van der Waals surface area contributed by atoms with Crippen LogP contribution in [-0.2, 0) is 14.8 Å². The van der Waals surface area contributed by atoms with E-state index in [0.717, 1.165) is 25.2 Å². The molecule has 1 aliphatic heterocycles. The van der Waals surface area contributed by atoms with Gasteiger partial charge < -0.3 is 10.2 Å². The highest BCUT2D eigenvalue weighted by molar-refractivity contribution is 7.89. The number of rotatable bonds is 6. The molecular weight excluding hydrogens is 360 g/mol. The summed E-state index contributed by atoms with van der Waals surface area (Å²) < 4.78 is 26.4. The third-order valence-electron chi connectivity index (χ3n) is 3.46. The van der Waals surface area contributed by atoms with Gasteiger partial charge in [-0.15, -0.1) is 12.4 Å². The first-order valence-corrected chi connectivity index (χ1v) is 8.61. The lowest BCUT2D eigenvalue weighted by atomic mass is 10.3. The fourth-order valence-electron chi connectivity index (χ4n) is 2.20. The van der Waals surface area contributed by atoms with Gasteiger partial charge in [-0.2, -0.15) is 0 Å². The first-order valence-electron chi connectivity index (χ1n) is 7.13. The van der Waals surface area contributed by atoms with Gasteiger partial charge in [0.25, 0.3) is 5.69 Å². The van der Waals surface area contributed by atoms with Gasteiger partial charge in [-0.3, -0.25) is 14.9 Å². The molecule has 11 heteroatoms. The van der Waals surface area contributed by atoms with Crippen LogP contribution in [0.5, 0.6) is 0 Å². The molecule has 1 fully saturated rings. The van der Waals surface area contributed by atoms with Crippen molar-refractivity contribution in [1.82, 2.24) is 14.9 Å². The van der Waals surface area contributed by atoms with Gasteiger partial charge in [0.05, 0.1) is 9.82 Å². The van der Waals surface area contributed by atoms with E-state index < -0.39 is 14.9 Å². The Labute approximate surface area is 146 Å². The van der Waals surface area contributed by atoms with Crippen LogP contribution in [0.3, 0.4) is 0 Å². The predicted octanol–water partition coefficient (Wildman–Crippen LogP) is 0.117. The standard InChI is InChI=1S/C13H18N4O5S.ClH/c18-13(16-9-7-14-8-10-16)5-6-15-23(21,22)12-3-1-11(2-4-12)17(19)20;/h1-4,14-15H,5-10H2;1H. The fraction of sp³-hybridized carbons (Fsp3) is 0.462. The molecule has 0 spiro atoms. The van der Waals surface area contributed by atoms with Crippen LogP contribution >= 0.6 is 12.4 Å². The Kier molecular flexibility index (Phi) is 7.55. The fourth-order valence-corrected chi connectivity index (χ4v) is 3.23. The zero-order valence-corrected chi connectivity index (χ0v) is 14.4. The highest BCUT2D eigenvalue weighted by atomic mass is 35.5. The summed E-state index contributed by atoms with van der Waals surface area (Å²) in [6, 6.07) is 4.58. The van der Waals surface area contributed by atoms with Crippen molar-refractivity contribution in [3.05, 3.63) is 34.4 Å². The quantitative estimate of drug-likeness (QED) is 0.535. The smallest absolute Gasteiger partial charge is 0.269 e. The summed E-state index contributed by atoms with van der Waals surface area (Å²) in [5.74, 6) is -0.0992. The Morgan fingerprint density at radius 1 is 1.25 bits per heavy atom. The summed E-state index contributed by atoms with van der Waals surface area (Å²) >= 11 is 0. The van der Waals surface area contributed by atoms with Crippen molar-refractivity contribution < 1.29 is 18.1 Å². The van der Waals surface area contributed by atoms with Crippen LogP contribution in [0, 0.1) is 10.1 Å². The molecule has 9 nitrogen and oxygen atoms in total. The number of benzene rings is 1. The van der Waals surface area contributed by atoms with Crippen LogP contribution in [0.25, 0.3) is 0 Å². The van der Waals surface area contributed by atoms with E-state index in [1.807, 2.05) is 0 Å². The Balaban J connectivity index is 0.00000288. The summed E-state index contributed by atoms with van der Waals surface area (Å²) in [6.45, 7) is 2.70. The molecule has 0 atom stereocenters. The molecule has 0 saturated carbocycles. The minimum atomic E-state index is -3.78. The second-order valence-corrected chi connectivity index (χ2v) is 6.80. The molecule has 24 heavy (non-hydrogen) atoms. The molecule has 1 aromatic rings. The number of nitro groups is 1. The normalized spacial score (nSPS) is 14.8. The maximum atomic E-state index is 12.1. The first-order chi connectivity index (χ1) is 10.9. The van der Waals surface area contributed by atoms with E-state index in [-0.39, 0.29) is 41.9 Å². The Hall–Kier alpha value is -1.75. The highest BCUT2D eigenvalue weighted by Gasteiger charge is 2.18. The lowest BCUT2D eigenvalue weighted by Gasteiger charge is -2.27. The number of piperazine rings is 1. The van der Waals surface area contributed by atoms with Crippen molar-refractivity contribution in [3.63, 3.8) is 0 Å². The van der Waals surface area contributed by atoms with Gasteiger partial charge in [-0.05, 0) is 12.1 Å². The van der Waals surface area contributed by atoms with Crippen molar-refractivity contribution in [1.29, 1.82) is 0 Å².